The van der Waals surface area contributed by atoms with Crippen molar-refractivity contribution in [3.63, 3.8) is 0 Å². The van der Waals surface area contributed by atoms with Gasteiger partial charge in [-0.3, -0.25) is 27.2 Å². The predicted octanol–water partition coefficient (Wildman–Crippen LogP) is 11.5. The lowest BCUT2D eigenvalue weighted by atomic mass is 9.89. The quantitative estimate of drug-likeness (QED) is 0.0533. The molecule has 13 heterocycles. The van der Waals surface area contributed by atoms with E-state index in [-0.39, 0.29) is 36.0 Å². The number of fused-ring (bicyclic) bond motifs is 3. The Balaban J connectivity index is 0.000000136. The monoisotopic (exact) mass is 1620 g/mol. The number of benzene rings is 3. The number of aromatic nitrogens is 7. The molecule has 1 saturated carbocycles. The third-order valence-electron chi connectivity index (χ3n) is 24.0. The fraction of sp³-hybridized carbons (Fsp3) is 0.558. The molecule has 5 N–H and O–H groups in total. The van der Waals surface area contributed by atoms with Crippen molar-refractivity contribution >= 4 is 85.6 Å². The van der Waals surface area contributed by atoms with Crippen molar-refractivity contribution in [1.82, 2.24) is 50.4 Å². The highest BCUT2D eigenvalue weighted by molar-refractivity contribution is 7.86. The molecular formula is C86H112N16O10S3. The van der Waals surface area contributed by atoms with E-state index in [1.54, 1.807) is 12.4 Å². The molecule has 1 aliphatic carbocycles. The minimum absolute atomic E-state index is 0.0287. The van der Waals surface area contributed by atoms with Gasteiger partial charge in [-0.1, -0.05) is 54.1 Å². The summed E-state index contributed by atoms with van der Waals surface area (Å²) in [5.74, 6) is 7.59. The molecule has 26 nitrogen and oxygen atoms in total. The molecule has 7 fully saturated rings. The molecule has 29 heteroatoms. The summed E-state index contributed by atoms with van der Waals surface area (Å²) in [7, 11) is -1.27. The van der Waals surface area contributed by atoms with Crippen molar-refractivity contribution in [2.45, 2.75) is 218 Å². The van der Waals surface area contributed by atoms with E-state index < -0.39 is 49.6 Å². The molecule has 4 unspecified atom stereocenters. The lowest BCUT2D eigenvalue weighted by molar-refractivity contribution is 0.0361. The molecule has 614 valence electrons. The molecular weight excluding hydrogens is 1510 g/mol. The highest BCUT2D eigenvalue weighted by atomic mass is 32.2. The van der Waals surface area contributed by atoms with E-state index in [9.17, 15) is 27.0 Å². The third-order valence-corrected chi connectivity index (χ3v) is 28.4. The Morgan fingerprint density at radius 1 is 0.478 bits per heavy atom. The van der Waals surface area contributed by atoms with Crippen LogP contribution in [0.25, 0.3) is 0 Å². The van der Waals surface area contributed by atoms with Crippen LogP contribution in [-0.2, 0) is 76.1 Å². The summed E-state index contributed by atoms with van der Waals surface area (Å²) in [6, 6.07) is 29.8. The first kappa shape index (κ1) is 81.5. The Kier molecular flexibility index (Phi) is 25.9. The fourth-order valence-corrected chi connectivity index (χ4v) is 20.9. The summed E-state index contributed by atoms with van der Waals surface area (Å²) in [5, 5.41) is 16.7. The Morgan fingerprint density at radius 2 is 0.861 bits per heavy atom. The maximum Gasteiger partial charge on any atom is 0.407 e. The van der Waals surface area contributed by atoms with Gasteiger partial charge >= 0.3 is 6.09 Å². The summed E-state index contributed by atoms with van der Waals surface area (Å²) in [6.45, 7) is 21.3. The Labute approximate surface area is 683 Å². The van der Waals surface area contributed by atoms with E-state index in [0.29, 0.717) is 64.8 Å². The van der Waals surface area contributed by atoms with Crippen LogP contribution in [0.3, 0.4) is 0 Å². The number of rotatable bonds is 18. The van der Waals surface area contributed by atoms with Crippen LogP contribution < -0.4 is 41.3 Å². The fourth-order valence-electron chi connectivity index (χ4n) is 17.0. The molecule has 17 rings (SSSR count). The van der Waals surface area contributed by atoms with Gasteiger partial charge in [-0.25, -0.2) is 19.7 Å². The number of carbonyl (C=O) groups is 3. The molecule has 115 heavy (non-hydrogen) atoms. The first-order valence-corrected chi connectivity index (χ1v) is 45.5. The van der Waals surface area contributed by atoms with Gasteiger partial charge in [-0.2, -0.15) is 15.0 Å². The highest BCUT2D eigenvalue weighted by Gasteiger charge is 2.42. The minimum atomic E-state index is -1.10. The van der Waals surface area contributed by atoms with Gasteiger partial charge in [-0.05, 0) is 201 Å². The number of nitrogens with one attached hydrogen (secondary N) is 5. The minimum Gasteiger partial charge on any atom is -0.444 e. The molecule has 0 spiro atoms. The zero-order chi connectivity index (χ0) is 79.9. The summed E-state index contributed by atoms with van der Waals surface area (Å²) in [5.41, 5.74) is 9.34. The molecule has 0 bridgehead atoms. The maximum absolute atomic E-state index is 13.0. The van der Waals surface area contributed by atoms with Gasteiger partial charge in [0.1, 0.15) is 37.7 Å². The number of carbonyl (C=O) groups excluding carboxylic acids is 3. The number of piperidine rings is 3. The second kappa shape index (κ2) is 36.5. The zero-order valence-corrected chi connectivity index (χ0v) is 70.0. The van der Waals surface area contributed by atoms with E-state index >= 15 is 0 Å². The van der Waals surface area contributed by atoms with Gasteiger partial charge < -0.3 is 65.1 Å². The standard InChI is InChI=1S/C31H38N6O3S.C29H39N5O4S.C26H35N5O3S/c1-31(2,24-7-14-32-15-8-24)36-29(38)23-5-3-21(4-6-23)22-9-16-37(17-10-22)30-34-26-13-20-41(39)27(26)28(35-30)33-25-11-18-40-19-12-25;1-33(24-10-17-38-18-11-24)28(35)22-4-2-20(3-5-22)21-6-13-34(14-7-21)29-31-25-12-19-39(36)26(25)27(32-29)30-23-8-15-37-16-9-23;1-16-5-7-17(8-6-16)18-9-12-31(13-10-18)24-28-19-11-14-35(33)22(19)23(30-24)27-20-15-21(20)29-25(32)34-26(2,3)4/h3-8,14-15,22,25H,9-13,16-20H2,1-2H3,(H,36,38)(H,33,34,35);2-5,21,23-24H,6-19H2,1H3,(H,30,31,32);5-8,18,20-21H,9-15H2,1-4H3,(H,29,32)(H,27,28,30)/t;;20?,21-,35?/m..1/s1. The van der Waals surface area contributed by atoms with Crippen molar-refractivity contribution in [2.75, 3.05) is 134 Å². The van der Waals surface area contributed by atoms with E-state index in [4.69, 9.17) is 48.9 Å². The van der Waals surface area contributed by atoms with Gasteiger partial charge in [-0.15, -0.1) is 0 Å². The first-order valence-electron chi connectivity index (χ1n) is 41.5. The van der Waals surface area contributed by atoms with Crippen LogP contribution in [0.2, 0.25) is 0 Å². The predicted molar refractivity (Wildman–Crippen MR) is 448 cm³/mol. The largest absolute Gasteiger partial charge is 0.444 e. The van der Waals surface area contributed by atoms with Crippen LogP contribution >= 0.6 is 0 Å². The number of amides is 3. The zero-order valence-electron chi connectivity index (χ0n) is 67.5. The average Bonchev–Trinajstić information content (AvgIpc) is 1.70. The third kappa shape index (κ3) is 20.2. The highest BCUT2D eigenvalue weighted by Crippen LogP contribution is 2.40. The number of anilines is 6. The molecule has 0 radical (unpaired) electrons. The van der Waals surface area contributed by atoms with E-state index in [2.05, 4.69) is 102 Å². The first-order chi connectivity index (χ1) is 55.6. The smallest absolute Gasteiger partial charge is 0.407 e. The topological polar surface area (TPSA) is 303 Å². The molecule has 4 aromatic heterocycles. The van der Waals surface area contributed by atoms with Crippen molar-refractivity contribution in [2.24, 2.45) is 0 Å². The summed E-state index contributed by atoms with van der Waals surface area (Å²) in [4.78, 5) is 82.4. The van der Waals surface area contributed by atoms with Gasteiger partial charge in [0.25, 0.3) is 11.8 Å². The number of ether oxygens (including phenoxy) is 4. The molecule has 3 amide bonds. The van der Waals surface area contributed by atoms with Crippen LogP contribution in [0, 0.1) is 6.92 Å². The molecule has 3 aromatic carbocycles. The van der Waals surface area contributed by atoms with Gasteiger partial charge in [0.2, 0.25) is 17.8 Å². The number of aryl methyl sites for hydroxylation is 4. The Bertz CT molecular complexity index is 4630. The normalized spacial score (nSPS) is 22.3. The van der Waals surface area contributed by atoms with Crippen LogP contribution in [0.15, 0.2) is 112 Å². The second-order valence-electron chi connectivity index (χ2n) is 33.7. The number of hydrogen-bond donors (Lipinski definition) is 5. The lowest BCUT2D eigenvalue weighted by Crippen LogP contribution is -2.41. The van der Waals surface area contributed by atoms with Crippen molar-refractivity contribution in [3.8, 4) is 0 Å². The summed E-state index contributed by atoms with van der Waals surface area (Å²) in [6.07, 6.45) is 17.6. The number of hydrogen-bond acceptors (Lipinski definition) is 23. The molecule has 10 aliphatic rings. The number of pyridine rings is 1. The SMILES string of the molecule is CC(C)(NC(=O)c1ccc(C2CCN(c3nc4c(c(NC5CCOCC5)n3)S(=O)CC4)CC2)cc1)c1ccncc1.CN(C(=O)c1ccc(C2CCN(c3nc4c(c(NC5CCOCC5)n3)S(=O)CC4)CC2)cc1)C1CCOCC1.Cc1ccc(C2CCN(c3nc4c(c(NC5C[C@H]5NC(=O)OC(C)(C)C)n3)S(=O)CC4)CC2)cc1. The Morgan fingerprint density at radius 3 is 1.27 bits per heavy atom. The van der Waals surface area contributed by atoms with Gasteiger partial charge in [0.15, 0.2) is 0 Å². The Hall–Kier alpha value is -8.61. The number of alkyl carbamates (subject to hydrolysis) is 1. The van der Waals surface area contributed by atoms with E-state index in [0.717, 1.165) is 242 Å². The number of nitrogens with zero attached hydrogens (tertiary/aromatic N) is 11. The van der Waals surface area contributed by atoms with Crippen LogP contribution in [0.1, 0.15) is 201 Å². The van der Waals surface area contributed by atoms with Crippen molar-refractivity contribution in [1.29, 1.82) is 0 Å². The maximum atomic E-state index is 13.0. The van der Waals surface area contributed by atoms with E-state index in [1.165, 1.54) is 22.3 Å². The molecule has 5 atom stereocenters. The molecule has 6 saturated heterocycles. The van der Waals surface area contributed by atoms with Crippen LogP contribution in [-0.4, -0.2) is 209 Å². The van der Waals surface area contributed by atoms with Crippen LogP contribution in [0.5, 0.6) is 0 Å². The lowest BCUT2D eigenvalue weighted by Gasteiger charge is -2.33. The summed E-state index contributed by atoms with van der Waals surface area (Å²) >= 11 is 0. The van der Waals surface area contributed by atoms with Gasteiger partial charge in [0.05, 0.1) is 67.1 Å². The van der Waals surface area contributed by atoms with E-state index in [1.807, 2.05) is 83.0 Å². The van der Waals surface area contributed by atoms with Crippen LogP contribution in [0.4, 0.5) is 40.1 Å². The molecule has 7 aromatic rings. The van der Waals surface area contributed by atoms with Crippen molar-refractivity contribution in [3.05, 3.63) is 153 Å². The summed E-state index contributed by atoms with van der Waals surface area (Å²) < 4.78 is 60.0. The van der Waals surface area contributed by atoms with Gasteiger partial charge in [0, 0.05) is 164 Å². The average molecular weight is 1630 g/mol. The second-order valence-corrected chi connectivity index (χ2v) is 38.2. The molecule has 9 aliphatic heterocycles. The van der Waals surface area contributed by atoms with Crippen molar-refractivity contribution < 1.29 is 46.0 Å².